The van der Waals surface area contributed by atoms with E-state index in [1.807, 2.05) is 58.0 Å². The molecular formula is C23H37N3O4. The van der Waals surface area contributed by atoms with Gasteiger partial charge in [-0.1, -0.05) is 58.0 Å². The van der Waals surface area contributed by atoms with E-state index in [4.69, 9.17) is 4.84 Å². The number of amides is 3. The standard InChI is InChI=1S/C23H37N3O4/c1-17(2)12-20(13-22(28)25(5)14-18(3)4)23(29)26(6)15-21(27)24-30-16-19-10-8-7-9-11-19/h7-11,17-18,20H,12-16H2,1-6H3,(H,24,27). The number of hydroxylamine groups is 1. The van der Waals surface area contributed by atoms with E-state index in [2.05, 4.69) is 5.48 Å². The van der Waals surface area contributed by atoms with Crippen LogP contribution >= 0.6 is 0 Å². The van der Waals surface area contributed by atoms with Crippen molar-refractivity contribution in [2.24, 2.45) is 17.8 Å². The molecule has 0 aliphatic rings. The monoisotopic (exact) mass is 419 g/mol. The minimum Gasteiger partial charge on any atom is -0.345 e. The highest BCUT2D eigenvalue weighted by molar-refractivity contribution is 5.88. The first-order chi connectivity index (χ1) is 14.1. The summed E-state index contributed by atoms with van der Waals surface area (Å²) < 4.78 is 0. The fraction of sp³-hybridized carbons (Fsp3) is 0.609. The summed E-state index contributed by atoms with van der Waals surface area (Å²) in [4.78, 5) is 45.9. The van der Waals surface area contributed by atoms with E-state index in [0.29, 0.717) is 18.9 Å². The van der Waals surface area contributed by atoms with Gasteiger partial charge in [0.25, 0.3) is 5.91 Å². The Bertz CT molecular complexity index is 676. The van der Waals surface area contributed by atoms with Crippen LogP contribution in [0, 0.1) is 17.8 Å². The third-order valence-electron chi connectivity index (χ3n) is 4.62. The third-order valence-corrected chi connectivity index (χ3v) is 4.62. The molecule has 0 saturated carbocycles. The molecule has 168 valence electrons. The molecule has 1 atom stereocenters. The molecule has 0 radical (unpaired) electrons. The smallest absolute Gasteiger partial charge is 0.263 e. The van der Waals surface area contributed by atoms with Crippen molar-refractivity contribution in [3.05, 3.63) is 35.9 Å². The molecule has 0 bridgehead atoms. The number of carbonyl (C=O) groups is 3. The SMILES string of the molecule is CC(C)CC(CC(=O)N(C)CC(C)C)C(=O)N(C)CC(=O)NOCc1ccccc1. The zero-order chi connectivity index (χ0) is 22.7. The van der Waals surface area contributed by atoms with Gasteiger partial charge in [-0.15, -0.1) is 0 Å². The number of nitrogens with one attached hydrogen (secondary N) is 1. The Morgan fingerprint density at radius 3 is 2.17 bits per heavy atom. The quantitative estimate of drug-likeness (QED) is 0.529. The summed E-state index contributed by atoms with van der Waals surface area (Å²) in [5.74, 6) is -0.484. The number of likely N-dealkylation sites (N-methyl/N-ethyl adjacent to an activating group) is 1. The van der Waals surface area contributed by atoms with Crippen molar-refractivity contribution in [2.75, 3.05) is 27.2 Å². The number of rotatable bonds is 12. The second-order valence-corrected chi connectivity index (χ2v) is 8.69. The molecule has 0 saturated heterocycles. The van der Waals surface area contributed by atoms with E-state index in [0.717, 1.165) is 5.56 Å². The lowest BCUT2D eigenvalue weighted by molar-refractivity contribution is -0.145. The molecule has 7 heteroatoms. The highest BCUT2D eigenvalue weighted by atomic mass is 16.6. The summed E-state index contributed by atoms with van der Waals surface area (Å²) in [5.41, 5.74) is 3.30. The van der Waals surface area contributed by atoms with Gasteiger partial charge in [-0.2, -0.15) is 0 Å². The van der Waals surface area contributed by atoms with Crippen molar-refractivity contribution in [1.29, 1.82) is 0 Å². The second-order valence-electron chi connectivity index (χ2n) is 8.69. The first-order valence-electron chi connectivity index (χ1n) is 10.5. The minimum absolute atomic E-state index is 0.0493. The fourth-order valence-electron chi connectivity index (χ4n) is 3.27. The maximum atomic E-state index is 12.9. The lowest BCUT2D eigenvalue weighted by Gasteiger charge is -2.26. The summed E-state index contributed by atoms with van der Waals surface area (Å²) >= 11 is 0. The van der Waals surface area contributed by atoms with Gasteiger partial charge in [-0.25, -0.2) is 5.48 Å². The summed E-state index contributed by atoms with van der Waals surface area (Å²) in [6, 6.07) is 9.47. The van der Waals surface area contributed by atoms with E-state index in [1.54, 1.807) is 19.0 Å². The first kappa shape index (κ1) is 25.6. The van der Waals surface area contributed by atoms with Crippen molar-refractivity contribution in [3.8, 4) is 0 Å². The molecule has 0 aliphatic carbocycles. The van der Waals surface area contributed by atoms with Crippen LogP contribution in [0.3, 0.4) is 0 Å². The number of carbonyl (C=O) groups excluding carboxylic acids is 3. The molecule has 3 amide bonds. The van der Waals surface area contributed by atoms with Crippen molar-refractivity contribution >= 4 is 17.7 Å². The summed E-state index contributed by atoms with van der Waals surface area (Å²) in [7, 11) is 3.34. The molecule has 1 N–H and O–H groups in total. The van der Waals surface area contributed by atoms with Crippen LogP contribution < -0.4 is 5.48 Å². The van der Waals surface area contributed by atoms with Gasteiger partial charge in [0, 0.05) is 33.0 Å². The highest BCUT2D eigenvalue weighted by Crippen LogP contribution is 2.19. The molecule has 1 unspecified atom stereocenters. The Morgan fingerprint density at radius 2 is 1.60 bits per heavy atom. The molecule has 7 nitrogen and oxygen atoms in total. The average Bonchev–Trinajstić information content (AvgIpc) is 2.66. The fourth-order valence-corrected chi connectivity index (χ4v) is 3.27. The van der Waals surface area contributed by atoms with Gasteiger partial charge in [0.05, 0.1) is 6.61 Å². The van der Waals surface area contributed by atoms with E-state index < -0.39 is 11.8 Å². The maximum absolute atomic E-state index is 12.9. The lowest BCUT2D eigenvalue weighted by Crippen LogP contribution is -2.42. The number of nitrogens with zero attached hydrogens (tertiary/aromatic N) is 2. The molecule has 1 rings (SSSR count). The number of hydrogen-bond acceptors (Lipinski definition) is 4. The molecule has 0 aliphatic heterocycles. The van der Waals surface area contributed by atoms with Crippen LogP contribution in [0.1, 0.15) is 46.1 Å². The average molecular weight is 420 g/mol. The van der Waals surface area contributed by atoms with Crippen molar-refractivity contribution < 1.29 is 19.2 Å². The molecule has 1 aromatic carbocycles. The van der Waals surface area contributed by atoms with E-state index >= 15 is 0 Å². The van der Waals surface area contributed by atoms with E-state index in [9.17, 15) is 14.4 Å². The molecule has 0 fully saturated rings. The van der Waals surface area contributed by atoms with Crippen LogP contribution in [0.4, 0.5) is 0 Å². The topological polar surface area (TPSA) is 79.0 Å². The van der Waals surface area contributed by atoms with Gasteiger partial charge in [0.2, 0.25) is 11.8 Å². The minimum atomic E-state index is -0.449. The Labute approximate surface area is 180 Å². The predicted molar refractivity (Wildman–Crippen MR) is 117 cm³/mol. The maximum Gasteiger partial charge on any atom is 0.263 e. The van der Waals surface area contributed by atoms with Gasteiger partial charge in [0.1, 0.15) is 6.54 Å². The first-order valence-corrected chi connectivity index (χ1v) is 10.5. The summed E-state index contributed by atoms with van der Waals surface area (Å²) in [6.07, 6.45) is 0.743. The van der Waals surface area contributed by atoms with E-state index in [-0.39, 0.29) is 37.3 Å². The molecule has 0 spiro atoms. The van der Waals surface area contributed by atoms with Crippen molar-refractivity contribution in [2.45, 2.75) is 47.1 Å². The number of benzene rings is 1. The van der Waals surface area contributed by atoms with Crippen LogP contribution in [-0.4, -0.2) is 54.7 Å². The van der Waals surface area contributed by atoms with Crippen LogP contribution in [0.25, 0.3) is 0 Å². The predicted octanol–water partition coefficient (Wildman–Crippen LogP) is 2.86. The Morgan fingerprint density at radius 1 is 0.967 bits per heavy atom. The summed E-state index contributed by atoms with van der Waals surface area (Å²) in [6.45, 7) is 8.91. The van der Waals surface area contributed by atoms with E-state index in [1.165, 1.54) is 4.90 Å². The third kappa shape index (κ3) is 9.87. The van der Waals surface area contributed by atoms with Gasteiger partial charge in [-0.05, 0) is 23.8 Å². The molecule has 0 heterocycles. The van der Waals surface area contributed by atoms with Crippen LogP contribution in [-0.2, 0) is 25.8 Å². The Balaban J connectivity index is 2.58. The van der Waals surface area contributed by atoms with Crippen LogP contribution in [0.15, 0.2) is 30.3 Å². The van der Waals surface area contributed by atoms with Gasteiger partial charge >= 0.3 is 0 Å². The summed E-state index contributed by atoms with van der Waals surface area (Å²) in [5, 5.41) is 0. The zero-order valence-corrected chi connectivity index (χ0v) is 19.2. The van der Waals surface area contributed by atoms with Gasteiger partial charge in [-0.3, -0.25) is 19.2 Å². The lowest BCUT2D eigenvalue weighted by atomic mass is 9.92. The second kappa shape index (κ2) is 13.0. The van der Waals surface area contributed by atoms with Crippen molar-refractivity contribution in [3.63, 3.8) is 0 Å². The van der Waals surface area contributed by atoms with Crippen molar-refractivity contribution in [1.82, 2.24) is 15.3 Å². The Kier molecular flexibility index (Phi) is 11.1. The highest BCUT2D eigenvalue weighted by Gasteiger charge is 2.28. The normalized spacial score (nSPS) is 12.0. The number of hydrogen-bond donors (Lipinski definition) is 1. The van der Waals surface area contributed by atoms with Gasteiger partial charge in [0.15, 0.2) is 0 Å². The van der Waals surface area contributed by atoms with Crippen LogP contribution in [0.2, 0.25) is 0 Å². The van der Waals surface area contributed by atoms with Crippen LogP contribution in [0.5, 0.6) is 0 Å². The molecule has 30 heavy (non-hydrogen) atoms. The molecular weight excluding hydrogens is 382 g/mol. The van der Waals surface area contributed by atoms with Gasteiger partial charge < -0.3 is 9.80 Å². The molecule has 1 aromatic rings. The molecule has 0 aromatic heterocycles. The Hall–Kier alpha value is -2.41. The largest absolute Gasteiger partial charge is 0.345 e. The zero-order valence-electron chi connectivity index (χ0n) is 19.2.